The van der Waals surface area contributed by atoms with Crippen LogP contribution in [-0.4, -0.2) is 20.4 Å². The molecule has 1 amide bonds. The summed E-state index contributed by atoms with van der Waals surface area (Å²) < 4.78 is 28.2. The highest BCUT2D eigenvalue weighted by Gasteiger charge is 2.36. The highest BCUT2D eigenvalue weighted by atomic mass is 32.2. The van der Waals surface area contributed by atoms with Gasteiger partial charge in [0.25, 0.3) is 15.9 Å². The number of carbonyl (C=O) groups is 1. The van der Waals surface area contributed by atoms with Gasteiger partial charge in [-0.3, -0.25) is 9.10 Å². The van der Waals surface area contributed by atoms with Crippen molar-refractivity contribution < 1.29 is 13.2 Å². The summed E-state index contributed by atoms with van der Waals surface area (Å²) in [7, 11) is -3.78. The molecule has 1 aliphatic rings. The molecule has 0 fully saturated rings. The Hall–Kier alpha value is -3.12. The molecule has 29 heavy (non-hydrogen) atoms. The molecule has 0 bridgehead atoms. The minimum absolute atomic E-state index is 0.109. The Morgan fingerprint density at radius 2 is 1.76 bits per heavy atom. The molecule has 1 atom stereocenters. The van der Waals surface area contributed by atoms with Crippen molar-refractivity contribution in [3.8, 4) is 0 Å². The quantitative estimate of drug-likeness (QED) is 0.699. The molecule has 1 heterocycles. The molecule has 3 aromatic carbocycles. The number of para-hydroxylation sites is 1. The Morgan fingerprint density at radius 3 is 2.55 bits per heavy atom. The second kappa shape index (κ2) is 7.37. The number of sulfonamides is 1. The second-order valence-electron chi connectivity index (χ2n) is 7.33. The van der Waals surface area contributed by atoms with E-state index in [-0.39, 0.29) is 16.8 Å². The molecule has 0 aromatic heterocycles. The summed E-state index contributed by atoms with van der Waals surface area (Å²) in [5, 5.41) is 2.82. The Bertz CT molecular complexity index is 1190. The van der Waals surface area contributed by atoms with Crippen molar-refractivity contribution in [1.82, 2.24) is 0 Å². The molecular weight excluding hydrogens is 384 g/mol. The molecule has 148 valence electrons. The van der Waals surface area contributed by atoms with Crippen LogP contribution >= 0.6 is 0 Å². The molecule has 0 saturated heterocycles. The number of nitrogens with one attached hydrogen (secondary N) is 1. The van der Waals surface area contributed by atoms with E-state index in [4.69, 9.17) is 0 Å². The van der Waals surface area contributed by atoms with Gasteiger partial charge in [-0.25, -0.2) is 8.42 Å². The lowest BCUT2D eigenvalue weighted by Gasteiger charge is -2.24. The number of aryl methyl sites for hydroxylation is 1. The van der Waals surface area contributed by atoms with Gasteiger partial charge in [0.15, 0.2) is 0 Å². The maximum absolute atomic E-state index is 13.4. The van der Waals surface area contributed by atoms with Crippen molar-refractivity contribution in [3.63, 3.8) is 0 Å². The molecule has 0 aliphatic carbocycles. The molecule has 5 nitrogen and oxygen atoms in total. The van der Waals surface area contributed by atoms with Crippen LogP contribution < -0.4 is 9.62 Å². The third-order valence-corrected chi connectivity index (χ3v) is 7.00. The molecule has 4 rings (SSSR count). The van der Waals surface area contributed by atoms with Crippen molar-refractivity contribution in [2.45, 2.75) is 31.2 Å². The van der Waals surface area contributed by atoms with Crippen LogP contribution in [0.5, 0.6) is 0 Å². The van der Waals surface area contributed by atoms with Crippen molar-refractivity contribution in [2.24, 2.45) is 0 Å². The van der Waals surface area contributed by atoms with Gasteiger partial charge in [0, 0.05) is 17.3 Å². The lowest BCUT2D eigenvalue weighted by atomic mass is 10.1. The van der Waals surface area contributed by atoms with Gasteiger partial charge in [-0.2, -0.15) is 0 Å². The van der Waals surface area contributed by atoms with Crippen molar-refractivity contribution in [2.75, 3.05) is 9.62 Å². The van der Waals surface area contributed by atoms with Crippen LogP contribution in [0.1, 0.15) is 28.4 Å². The summed E-state index contributed by atoms with van der Waals surface area (Å²) >= 11 is 0. The fraction of sp³-hybridized carbons (Fsp3) is 0.174. The van der Waals surface area contributed by atoms with Crippen LogP contribution in [0.2, 0.25) is 0 Å². The first kappa shape index (κ1) is 19.2. The largest absolute Gasteiger partial charge is 0.322 e. The summed E-state index contributed by atoms with van der Waals surface area (Å²) in [4.78, 5) is 12.8. The SMILES string of the molecule is Cc1cccc(NC(=O)c2cccc(S(=O)(=O)N3c4ccccc4CC3C)c2)c1. The van der Waals surface area contributed by atoms with Crippen LogP contribution in [0.3, 0.4) is 0 Å². The standard InChI is InChI=1S/C23H22N2O3S/c1-16-7-5-10-20(13-16)24-23(26)19-9-6-11-21(15-19)29(27,28)25-17(2)14-18-8-3-4-12-22(18)25/h3-13,15,17H,14H2,1-2H3,(H,24,26). The summed E-state index contributed by atoms with van der Waals surface area (Å²) in [5.41, 5.74) is 3.71. The molecule has 3 aromatic rings. The van der Waals surface area contributed by atoms with Crippen LogP contribution in [0.4, 0.5) is 11.4 Å². The first-order chi connectivity index (χ1) is 13.9. The fourth-order valence-corrected chi connectivity index (χ4v) is 5.48. The zero-order valence-corrected chi connectivity index (χ0v) is 17.1. The molecule has 1 aliphatic heterocycles. The topological polar surface area (TPSA) is 66.5 Å². The number of fused-ring (bicyclic) bond motifs is 1. The van der Waals surface area contributed by atoms with Gasteiger partial charge >= 0.3 is 0 Å². The van der Waals surface area contributed by atoms with Crippen LogP contribution in [-0.2, 0) is 16.4 Å². The van der Waals surface area contributed by atoms with Crippen LogP contribution in [0.25, 0.3) is 0 Å². The van der Waals surface area contributed by atoms with Gasteiger partial charge in [0.1, 0.15) is 0 Å². The van der Waals surface area contributed by atoms with Crippen molar-refractivity contribution in [1.29, 1.82) is 0 Å². The van der Waals surface area contributed by atoms with Crippen LogP contribution in [0, 0.1) is 6.92 Å². The first-order valence-electron chi connectivity index (χ1n) is 9.47. The number of carbonyl (C=O) groups excluding carboxylic acids is 1. The highest BCUT2D eigenvalue weighted by molar-refractivity contribution is 7.92. The minimum Gasteiger partial charge on any atom is -0.322 e. The summed E-state index contributed by atoms with van der Waals surface area (Å²) in [6.45, 7) is 3.84. The number of benzene rings is 3. The van der Waals surface area contributed by atoms with Crippen LogP contribution in [0.15, 0.2) is 77.7 Å². The van der Waals surface area contributed by atoms with Crippen molar-refractivity contribution in [3.05, 3.63) is 89.5 Å². The van der Waals surface area contributed by atoms with Gasteiger partial charge in [-0.1, -0.05) is 36.4 Å². The predicted octanol–water partition coefficient (Wildman–Crippen LogP) is 4.39. The number of hydrogen-bond acceptors (Lipinski definition) is 3. The molecule has 6 heteroatoms. The smallest absolute Gasteiger partial charge is 0.264 e. The average Bonchev–Trinajstić information content (AvgIpc) is 3.04. The van der Waals surface area contributed by atoms with Gasteiger partial charge in [-0.15, -0.1) is 0 Å². The third-order valence-electron chi connectivity index (χ3n) is 5.07. The Morgan fingerprint density at radius 1 is 1.00 bits per heavy atom. The number of rotatable bonds is 4. The fourth-order valence-electron chi connectivity index (χ4n) is 3.74. The summed E-state index contributed by atoms with van der Waals surface area (Å²) in [6, 6.07) is 21.0. The van der Waals surface area contributed by atoms with E-state index in [2.05, 4.69) is 5.32 Å². The minimum atomic E-state index is -3.78. The van der Waals surface area contributed by atoms with Gasteiger partial charge in [0.2, 0.25) is 0 Å². The number of amides is 1. The van der Waals surface area contributed by atoms with E-state index in [1.165, 1.54) is 16.4 Å². The lowest BCUT2D eigenvalue weighted by Crippen LogP contribution is -2.35. The number of anilines is 2. The van der Waals surface area contributed by atoms with Gasteiger partial charge in [0.05, 0.1) is 10.6 Å². The zero-order chi connectivity index (χ0) is 20.6. The Labute approximate surface area is 171 Å². The van der Waals surface area contributed by atoms with E-state index < -0.39 is 10.0 Å². The molecular formula is C23H22N2O3S. The number of hydrogen-bond donors (Lipinski definition) is 1. The molecule has 1 unspecified atom stereocenters. The molecule has 0 spiro atoms. The summed E-state index contributed by atoms with van der Waals surface area (Å²) in [6.07, 6.45) is 0.670. The molecule has 0 radical (unpaired) electrons. The second-order valence-corrected chi connectivity index (χ2v) is 9.15. The van der Waals surface area contributed by atoms with E-state index in [0.717, 1.165) is 11.1 Å². The summed E-state index contributed by atoms with van der Waals surface area (Å²) in [5.74, 6) is -0.345. The van der Waals surface area contributed by atoms with E-state index in [1.54, 1.807) is 18.2 Å². The normalized spacial score (nSPS) is 15.8. The van der Waals surface area contributed by atoms with Crippen molar-refractivity contribution >= 4 is 27.3 Å². The molecule has 1 N–H and O–H groups in total. The average molecular weight is 407 g/mol. The number of nitrogens with zero attached hydrogens (tertiary/aromatic N) is 1. The highest BCUT2D eigenvalue weighted by Crippen LogP contribution is 2.36. The van der Waals surface area contributed by atoms with E-state index >= 15 is 0 Å². The maximum atomic E-state index is 13.4. The van der Waals surface area contributed by atoms with Gasteiger partial charge < -0.3 is 5.32 Å². The third kappa shape index (κ3) is 3.63. The van der Waals surface area contributed by atoms with E-state index in [1.807, 2.05) is 56.3 Å². The van der Waals surface area contributed by atoms with E-state index in [0.29, 0.717) is 23.4 Å². The van der Waals surface area contributed by atoms with Gasteiger partial charge in [-0.05, 0) is 67.8 Å². The predicted molar refractivity (Wildman–Crippen MR) is 115 cm³/mol. The lowest BCUT2D eigenvalue weighted by molar-refractivity contribution is 0.102. The zero-order valence-electron chi connectivity index (χ0n) is 16.3. The monoisotopic (exact) mass is 406 g/mol. The first-order valence-corrected chi connectivity index (χ1v) is 10.9. The maximum Gasteiger partial charge on any atom is 0.264 e. The Balaban J connectivity index is 1.65. The Kier molecular flexibility index (Phi) is 4.88. The van der Waals surface area contributed by atoms with E-state index in [9.17, 15) is 13.2 Å². The molecule has 0 saturated carbocycles.